The van der Waals surface area contributed by atoms with Crippen molar-refractivity contribution in [3.8, 4) is 0 Å². The second kappa shape index (κ2) is 10.4. The largest absolute Gasteiger partial charge is 0.502 e. The summed E-state index contributed by atoms with van der Waals surface area (Å²) in [5, 5.41) is 7.32. The molecule has 2 saturated heterocycles. The molecule has 0 saturated carbocycles. The molecule has 0 aromatic heterocycles. The average molecular weight is 446 g/mol. The van der Waals surface area contributed by atoms with E-state index in [-0.39, 0.29) is 17.3 Å². The lowest BCUT2D eigenvalue weighted by Crippen LogP contribution is -2.73. The molecule has 8 heteroatoms. The fourth-order valence-corrected chi connectivity index (χ4v) is 8.62. The molecule has 3 unspecified atom stereocenters. The van der Waals surface area contributed by atoms with Crippen LogP contribution in [0, 0.1) is 11.8 Å². The molecule has 0 aliphatic carbocycles. The zero-order valence-electron chi connectivity index (χ0n) is 19.3. The number of hydrogen-bond acceptors (Lipinski definition) is 5. The molecular formula is C21H43N3O3SSi. The van der Waals surface area contributed by atoms with Gasteiger partial charge in [0.1, 0.15) is 0 Å². The van der Waals surface area contributed by atoms with E-state index in [0.29, 0.717) is 11.8 Å². The third kappa shape index (κ3) is 6.14. The summed E-state index contributed by atoms with van der Waals surface area (Å²) in [6.07, 6.45) is 5.66. The van der Waals surface area contributed by atoms with E-state index in [4.69, 9.17) is 31.2 Å². The van der Waals surface area contributed by atoms with Crippen molar-refractivity contribution >= 4 is 26.1 Å². The summed E-state index contributed by atoms with van der Waals surface area (Å²) in [4.78, 5) is 0. The third-order valence-corrected chi connectivity index (χ3v) is 10.6. The Morgan fingerprint density at radius 1 is 0.966 bits per heavy atom. The minimum atomic E-state index is -2.72. The molecule has 4 N–H and O–H groups in total. The first kappa shape index (κ1) is 25.0. The van der Waals surface area contributed by atoms with Gasteiger partial charge in [0.15, 0.2) is 5.11 Å². The maximum Gasteiger partial charge on any atom is 0.502 e. The van der Waals surface area contributed by atoms with Crippen LogP contribution in [0.3, 0.4) is 0 Å². The molecule has 0 radical (unpaired) electrons. The summed E-state index contributed by atoms with van der Waals surface area (Å²) in [7, 11) is -2.72. The first-order valence-corrected chi connectivity index (χ1v) is 13.7. The summed E-state index contributed by atoms with van der Waals surface area (Å²) in [5.74, 6) is 0.637. The van der Waals surface area contributed by atoms with Gasteiger partial charge in [-0.05, 0) is 65.7 Å². The highest BCUT2D eigenvalue weighted by Gasteiger charge is 2.65. The maximum absolute atomic E-state index is 6.66. The Bertz CT molecular complexity index is 553. The van der Waals surface area contributed by atoms with Crippen molar-refractivity contribution in [2.45, 2.75) is 97.0 Å². The molecule has 170 valence electrons. The highest BCUT2D eigenvalue weighted by atomic mass is 32.1. The molecular weight excluding hydrogens is 402 g/mol. The molecule has 2 bridgehead atoms. The summed E-state index contributed by atoms with van der Waals surface area (Å²) in [6, 6.07) is 0.810. The minimum absolute atomic E-state index is 0.147. The predicted octanol–water partition coefficient (Wildman–Crippen LogP) is 3.57. The highest BCUT2D eigenvalue weighted by molar-refractivity contribution is 7.80. The predicted molar refractivity (Wildman–Crippen MR) is 125 cm³/mol. The number of unbranched alkanes of at least 4 members (excludes halogenated alkanes) is 3. The number of hydrogen-bond donors (Lipinski definition) is 3. The molecule has 6 nitrogen and oxygen atoms in total. The summed E-state index contributed by atoms with van der Waals surface area (Å²) in [5.41, 5.74) is 5.06. The van der Waals surface area contributed by atoms with Gasteiger partial charge in [-0.3, -0.25) is 0 Å². The smallest absolute Gasteiger partial charge is 0.370 e. The van der Waals surface area contributed by atoms with Gasteiger partial charge in [0.05, 0.1) is 17.3 Å². The molecule has 2 aliphatic heterocycles. The van der Waals surface area contributed by atoms with Gasteiger partial charge in [-0.15, -0.1) is 0 Å². The zero-order valence-corrected chi connectivity index (χ0v) is 21.1. The van der Waals surface area contributed by atoms with Crippen LogP contribution < -0.4 is 16.4 Å². The lowest BCUT2D eigenvalue weighted by molar-refractivity contribution is -0.242. The fraction of sp³-hybridized carbons (Fsp3) is 0.952. The van der Waals surface area contributed by atoms with E-state index in [1.807, 2.05) is 0 Å². The van der Waals surface area contributed by atoms with Gasteiger partial charge in [-0.2, -0.15) is 0 Å². The van der Waals surface area contributed by atoms with Crippen LogP contribution in [-0.2, 0) is 13.3 Å². The quantitative estimate of drug-likeness (QED) is 0.269. The Labute approximate surface area is 184 Å². The van der Waals surface area contributed by atoms with E-state index in [1.165, 1.54) is 12.8 Å². The van der Waals surface area contributed by atoms with Crippen molar-refractivity contribution in [1.82, 2.24) is 10.6 Å². The fourth-order valence-electron chi connectivity index (χ4n) is 4.57. The average Bonchev–Trinajstić information content (AvgIpc) is 2.64. The number of nitrogens with one attached hydrogen (secondary N) is 2. The monoisotopic (exact) mass is 445 g/mol. The van der Waals surface area contributed by atoms with Crippen LogP contribution in [-0.4, -0.2) is 50.9 Å². The molecule has 29 heavy (non-hydrogen) atoms. The molecule has 2 heterocycles. The standard InChI is InChI=1S/C21H43N3O3SSi/c1-16-17(2)25-29(26-20(4,5)18(3)21(16,6)27-29)15-11-14-24-19(28)23-13-10-8-7-9-12-22/h16-18H,7-15,22H2,1-6H3,(H2,23,24,28)/t16?,17-,18?,21-,29?/m0/s1. The summed E-state index contributed by atoms with van der Waals surface area (Å²) >= 11 is 5.39. The Morgan fingerprint density at radius 2 is 1.59 bits per heavy atom. The van der Waals surface area contributed by atoms with Crippen LogP contribution in [0.4, 0.5) is 0 Å². The van der Waals surface area contributed by atoms with Crippen LogP contribution in [0.1, 0.15) is 73.6 Å². The molecule has 0 amide bonds. The first-order valence-electron chi connectivity index (χ1n) is 11.4. The van der Waals surface area contributed by atoms with Crippen LogP contribution in [0.5, 0.6) is 0 Å². The Morgan fingerprint density at radius 3 is 2.24 bits per heavy atom. The molecule has 0 spiro atoms. The minimum Gasteiger partial charge on any atom is -0.370 e. The molecule has 2 rings (SSSR count). The van der Waals surface area contributed by atoms with Gasteiger partial charge in [-0.25, -0.2) is 0 Å². The lowest BCUT2D eigenvalue weighted by Gasteiger charge is -2.62. The van der Waals surface area contributed by atoms with Gasteiger partial charge in [0.25, 0.3) is 0 Å². The van der Waals surface area contributed by atoms with Crippen molar-refractivity contribution in [3.63, 3.8) is 0 Å². The van der Waals surface area contributed by atoms with E-state index in [1.54, 1.807) is 0 Å². The molecule has 5 atom stereocenters. The van der Waals surface area contributed by atoms with Crippen molar-refractivity contribution in [1.29, 1.82) is 0 Å². The number of nitrogens with two attached hydrogens (primary N) is 1. The van der Waals surface area contributed by atoms with E-state index in [0.717, 1.165) is 50.1 Å². The van der Waals surface area contributed by atoms with Crippen LogP contribution in [0.2, 0.25) is 6.04 Å². The second-order valence-electron chi connectivity index (χ2n) is 9.50. The van der Waals surface area contributed by atoms with Crippen molar-refractivity contribution in [2.75, 3.05) is 19.6 Å². The molecule has 0 aromatic carbocycles. The number of rotatable bonds is 10. The highest BCUT2D eigenvalue weighted by Crippen LogP contribution is 2.52. The molecule has 0 aromatic rings. The van der Waals surface area contributed by atoms with Gasteiger partial charge in [-0.1, -0.05) is 26.7 Å². The van der Waals surface area contributed by atoms with Gasteiger partial charge in [0, 0.05) is 31.0 Å². The van der Waals surface area contributed by atoms with Gasteiger partial charge >= 0.3 is 8.80 Å². The molecule has 2 fully saturated rings. The van der Waals surface area contributed by atoms with Gasteiger partial charge < -0.3 is 29.6 Å². The normalized spacial score (nSPS) is 35.9. The second-order valence-corrected chi connectivity index (χ2v) is 12.4. The van der Waals surface area contributed by atoms with E-state index in [2.05, 4.69) is 52.2 Å². The van der Waals surface area contributed by atoms with Crippen molar-refractivity contribution in [2.24, 2.45) is 17.6 Å². The lowest BCUT2D eigenvalue weighted by atomic mass is 9.71. The topological polar surface area (TPSA) is 77.8 Å². The van der Waals surface area contributed by atoms with Crippen LogP contribution >= 0.6 is 12.2 Å². The van der Waals surface area contributed by atoms with E-state index in [9.17, 15) is 0 Å². The summed E-state index contributed by atoms with van der Waals surface area (Å²) in [6.45, 7) is 15.7. The van der Waals surface area contributed by atoms with E-state index < -0.39 is 8.80 Å². The summed E-state index contributed by atoms with van der Waals surface area (Å²) < 4.78 is 19.6. The zero-order chi connectivity index (χ0) is 21.7. The Balaban J connectivity index is 1.78. The third-order valence-electron chi connectivity index (χ3n) is 7.03. The van der Waals surface area contributed by atoms with Gasteiger partial charge in [0.2, 0.25) is 0 Å². The van der Waals surface area contributed by atoms with E-state index >= 15 is 0 Å². The maximum atomic E-state index is 6.66. The van der Waals surface area contributed by atoms with Crippen LogP contribution in [0.15, 0.2) is 0 Å². The SMILES string of the molecule is CC1[C@H](C)O[Si]2(CCCNC(=S)NCCCCCCN)OC(C)(C)C(C)[C@@]1(C)O2. The van der Waals surface area contributed by atoms with Crippen LogP contribution in [0.25, 0.3) is 0 Å². The first-order chi connectivity index (χ1) is 13.6. The number of thiocarbonyl (C=S) groups is 1. The Hall–Kier alpha value is -0.253. The number of fused-ring (bicyclic) bond motifs is 2. The molecule has 2 aliphatic rings. The van der Waals surface area contributed by atoms with Crippen molar-refractivity contribution in [3.05, 3.63) is 0 Å². The van der Waals surface area contributed by atoms with Crippen molar-refractivity contribution < 1.29 is 13.3 Å². The Kier molecular flexibility index (Phi) is 8.95.